The number of ether oxygens (including phenoxy) is 1. The third-order valence-electron chi connectivity index (χ3n) is 7.44. The highest BCUT2D eigenvalue weighted by molar-refractivity contribution is 5.82. The second-order valence-corrected chi connectivity index (χ2v) is 9.96. The maximum absolute atomic E-state index is 13.1. The first-order valence-corrected chi connectivity index (χ1v) is 12.1. The molecule has 1 amide bonds. The molecule has 4 aromatic rings. The van der Waals surface area contributed by atoms with E-state index < -0.39 is 23.7 Å². The van der Waals surface area contributed by atoms with Gasteiger partial charge >= 0.3 is 0 Å². The Morgan fingerprint density at radius 3 is 2.81 bits per heavy atom. The van der Waals surface area contributed by atoms with Crippen molar-refractivity contribution in [1.82, 2.24) is 15.3 Å². The minimum absolute atomic E-state index is 0.00586. The first-order chi connectivity index (χ1) is 17.5. The second-order valence-electron chi connectivity index (χ2n) is 9.96. The predicted molar refractivity (Wildman–Crippen MR) is 130 cm³/mol. The van der Waals surface area contributed by atoms with Crippen LogP contribution in [0, 0.1) is 5.92 Å². The van der Waals surface area contributed by atoms with Crippen LogP contribution in [0.3, 0.4) is 0 Å². The van der Waals surface area contributed by atoms with E-state index in [0.717, 1.165) is 28.1 Å². The number of hydrogen-bond donors (Lipinski definition) is 3. The number of carbonyl (C=O) groups is 1. The SMILES string of the molecule is CC(C)[C@@H]1NC(=O)[C@@H](N)Cc2ccc3c(c2)C2(c4ccccc4N[C@H]2O3)c2oc1nc2-c1cnco1. The monoisotopic (exact) mass is 483 g/mol. The summed E-state index contributed by atoms with van der Waals surface area (Å²) in [5.74, 6) is 1.92. The Labute approximate surface area is 207 Å². The van der Waals surface area contributed by atoms with E-state index in [2.05, 4.69) is 27.8 Å². The molecule has 1 spiro atoms. The summed E-state index contributed by atoms with van der Waals surface area (Å²) in [5.41, 5.74) is 9.88. The maximum Gasteiger partial charge on any atom is 0.237 e. The smallest absolute Gasteiger partial charge is 0.237 e. The Balaban J connectivity index is 1.59. The summed E-state index contributed by atoms with van der Waals surface area (Å²) >= 11 is 0. The molecule has 1 unspecified atom stereocenters. The molecule has 182 valence electrons. The lowest BCUT2D eigenvalue weighted by Gasteiger charge is -2.28. The molecular formula is C27H25N5O4. The van der Waals surface area contributed by atoms with Crippen LogP contribution in [0.15, 0.2) is 63.9 Å². The molecule has 36 heavy (non-hydrogen) atoms. The highest BCUT2D eigenvalue weighted by Gasteiger charge is 2.61. The molecule has 4 bridgehead atoms. The Morgan fingerprint density at radius 2 is 2.00 bits per heavy atom. The van der Waals surface area contributed by atoms with Gasteiger partial charge in [-0.25, -0.2) is 9.97 Å². The first-order valence-electron chi connectivity index (χ1n) is 12.1. The number of para-hydroxylation sites is 1. The summed E-state index contributed by atoms with van der Waals surface area (Å²) in [4.78, 5) is 22.1. The molecule has 0 saturated carbocycles. The van der Waals surface area contributed by atoms with Crippen molar-refractivity contribution in [3.05, 3.63) is 83.4 Å². The quantitative estimate of drug-likeness (QED) is 0.395. The van der Waals surface area contributed by atoms with E-state index in [1.54, 1.807) is 6.20 Å². The van der Waals surface area contributed by atoms with Crippen LogP contribution in [-0.2, 0) is 16.6 Å². The van der Waals surface area contributed by atoms with Gasteiger partial charge in [-0.2, -0.15) is 0 Å². The number of nitrogens with one attached hydrogen (secondary N) is 2. The number of nitrogens with zero attached hydrogens (tertiary/aromatic N) is 2. The van der Waals surface area contributed by atoms with Crippen LogP contribution in [0.25, 0.3) is 11.5 Å². The third-order valence-corrected chi connectivity index (χ3v) is 7.44. The number of hydrogen-bond acceptors (Lipinski definition) is 8. The van der Waals surface area contributed by atoms with E-state index in [9.17, 15) is 4.79 Å². The molecule has 0 saturated heterocycles. The fourth-order valence-corrected chi connectivity index (χ4v) is 5.71. The second kappa shape index (κ2) is 7.44. The van der Waals surface area contributed by atoms with Crippen molar-refractivity contribution in [3.8, 4) is 17.2 Å². The molecule has 7 rings (SSSR count). The number of amides is 1. The number of nitrogens with two attached hydrogens (primary N) is 1. The van der Waals surface area contributed by atoms with Crippen molar-refractivity contribution >= 4 is 11.6 Å². The number of aromatic nitrogens is 2. The summed E-state index contributed by atoms with van der Waals surface area (Å²) in [5, 5.41) is 6.62. The largest absolute Gasteiger partial charge is 0.469 e. The Bertz CT molecular complexity index is 1490. The summed E-state index contributed by atoms with van der Waals surface area (Å²) in [6, 6.07) is 12.9. The number of fused-ring (bicyclic) bond motifs is 4. The number of oxazole rings is 2. The zero-order valence-corrected chi connectivity index (χ0v) is 19.8. The Hall–Kier alpha value is -4.11. The standard InChI is InChI=1S/C27H25N5O4/c1-13(2)21-25-32-22(20-11-29-12-34-20)23(36-25)27-15-5-3-4-6-18(15)30-26(27)35-19-8-7-14(9-16(19)27)10-17(28)24(33)31-21/h3-9,11-13,17,21,26,30H,10,28H2,1-2H3,(H,31,33)/t17-,21-,26-,27?/m0/s1. The van der Waals surface area contributed by atoms with Crippen molar-refractivity contribution < 1.29 is 18.4 Å². The van der Waals surface area contributed by atoms with E-state index in [4.69, 9.17) is 24.3 Å². The fraction of sp³-hybridized carbons (Fsp3) is 0.296. The molecule has 9 nitrogen and oxygen atoms in total. The van der Waals surface area contributed by atoms with Gasteiger partial charge in [0.1, 0.15) is 17.2 Å². The molecule has 2 aromatic heterocycles. The first kappa shape index (κ1) is 21.2. The Kier molecular flexibility index (Phi) is 4.38. The number of carbonyl (C=O) groups excluding carboxylic acids is 1. The van der Waals surface area contributed by atoms with Gasteiger partial charge in [0.15, 0.2) is 29.8 Å². The van der Waals surface area contributed by atoms with Gasteiger partial charge in [-0.15, -0.1) is 0 Å². The van der Waals surface area contributed by atoms with Crippen LogP contribution < -0.4 is 21.1 Å². The Morgan fingerprint density at radius 1 is 1.14 bits per heavy atom. The minimum atomic E-state index is -0.843. The van der Waals surface area contributed by atoms with Crippen molar-refractivity contribution in [3.63, 3.8) is 0 Å². The molecule has 2 aromatic carbocycles. The lowest BCUT2D eigenvalue weighted by molar-refractivity contribution is -0.123. The van der Waals surface area contributed by atoms with Crippen LogP contribution in [0.4, 0.5) is 5.69 Å². The summed E-state index contributed by atoms with van der Waals surface area (Å²) < 4.78 is 18.9. The van der Waals surface area contributed by atoms with Gasteiger partial charge in [-0.05, 0) is 35.6 Å². The van der Waals surface area contributed by atoms with Gasteiger partial charge in [0.25, 0.3) is 0 Å². The van der Waals surface area contributed by atoms with E-state index in [0.29, 0.717) is 29.5 Å². The number of anilines is 1. The average Bonchev–Trinajstić information content (AvgIpc) is 3.63. The van der Waals surface area contributed by atoms with Gasteiger partial charge < -0.3 is 29.9 Å². The van der Waals surface area contributed by atoms with Crippen molar-refractivity contribution in [2.45, 2.75) is 44.0 Å². The summed E-state index contributed by atoms with van der Waals surface area (Å²) in [6.07, 6.45) is 2.91. The van der Waals surface area contributed by atoms with E-state index in [1.807, 2.05) is 44.2 Å². The lowest BCUT2D eigenvalue weighted by Crippen LogP contribution is -2.45. The molecule has 3 aliphatic rings. The van der Waals surface area contributed by atoms with Crippen molar-refractivity contribution in [1.29, 1.82) is 0 Å². The highest BCUT2D eigenvalue weighted by atomic mass is 16.5. The predicted octanol–water partition coefficient (Wildman–Crippen LogP) is 3.50. The van der Waals surface area contributed by atoms with Crippen molar-refractivity contribution in [2.75, 3.05) is 5.32 Å². The molecule has 4 atom stereocenters. The van der Waals surface area contributed by atoms with Gasteiger partial charge in [-0.1, -0.05) is 44.2 Å². The van der Waals surface area contributed by atoms with Gasteiger partial charge in [0, 0.05) is 11.3 Å². The molecule has 4 N–H and O–H groups in total. The molecular weight excluding hydrogens is 458 g/mol. The lowest BCUT2D eigenvalue weighted by atomic mass is 9.72. The van der Waals surface area contributed by atoms with Crippen LogP contribution in [0.1, 0.15) is 48.2 Å². The average molecular weight is 484 g/mol. The van der Waals surface area contributed by atoms with Gasteiger partial charge in [0.05, 0.1) is 12.2 Å². The van der Waals surface area contributed by atoms with Crippen LogP contribution in [-0.4, -0.2) is 28.1 Å². The van der Waals surface area contributed by atoms with Crippen molar-refractivity contribution in [2.24, 2.45) is 11.7 Å². The van der Waals surface area contributed by atoms with Gasteiger partial charge in [0.2, 0.25) is 11.8 Å². The summed E-state index contributed by atoms with van der Waals surface area (Å²) in [7, 11) is 0. The number of rotatable bonds is 2. The van der Waals surface area contributed by atoms with Crippen LogP contribution in [0.2, 0.25) is 0 Å². The molecule has 9 heteroatoms. The topological polar surface area (TPSA) is 128 Å². The number of benzene rings is 2. The molecule has 0 radical (unpaired) electrons. The third kappa shape index (κ3) is 2.77. The maximum atomic E-state index is 13.1. The normalized spacial score (nSPS) is 25.8. The highest BCUT2D eigenvalue weighted by Crippen LogP contribution is 2.59. The molecule has 0 aliphatic carbocycles. The zero-order chi connectivity index (χ0) is 24.6. The van der Waals surface area contributed by atoms with Crippen LogP contribution in [0.5, 0.6) is 5.75 Å². The van der Waals surface area contributed by atoms with E-state index >= 15 is 0 Å². The fourth-order valence-electron chi connectivity index (χ4n) is 5.71. The molecule has 3 aliphatic heterocycles. The molecule has 0 fully saturated rings. The summed E-state index contributed by atoms with van der Waals surface area (Å²) in [6.45, 7) is 4.01. The molecule has 5 heterocycles. The van der Waals surface area contributed by atoms with E-state index in [1.165, 1.54) is 6.39 Å². The van der Waals surface area contributed by atoms with Crippen LogP contribution >= 0.6 is 0 Å². The van der Waals surface area contributed by atoms with Gasteiger partial charge in [-0.3, -0.25) is 4.79 Å². The zero-order valence-electron chi connectivity index (χ0n) is 19.8. The minimum Gasteiger partial charge on any atom is -0.469 e. The van der Waals surface area contributed by atoms with E-state index in [-0.39, 0.29) is 11.8 Å².